The third-order valence-electron chi connectivity index (χ3n) is 4.99. The first-order valence-corrected chi connectivity index (χ1v) is 9.83. The van der Waals surface area contributed by atoms with Crippen molar-refractivity contribution in [3.05, 3.63) is 42.4 Å². The monoisotopic (exact) mass is 451 g/mol. The summed E-state index contributed by atoms with van der Waals surface area (Å²) in [6.45, 7) is 4.84. The number of alkyl halides is 3. The normalized spacial score (nSPS) is 14.7. The van der Waals surface area contributed by atoms with Crippen molar-refractivity contribution in [1.82, 2.24) is 25.1 Å². The summed E-state index contributed by atoms with van der Waals surface area (Å²) >= 11 is 0. The van der Waals surface area contributed by atoms with Gasteiger partial charge in [-0.25, -0.2) is 14.9 Å². The Kier molecular flexibility index (Phi) is 7.13. The zero-order chi connectivity index (χ0) is 23.3. The van der Waals surface area contributed by atoms with Gasteiger partial charge in [0.05, 0.1) is 0 Å². The number of H-pyrrole nitrogens is 1. The number of rotatable bonds is 4. The molecule has 1 aromatic carbocycles. The van der Waals surface area contributed by atoms with Gasteiger partial charge in [-0.3, -0.25) is 4.90 Å². The standard InChI is InChI=1S/C18H23N7.C2HF3O2/c1-23(2)17-16-6-4-3-5-15(16)14(11-19-17)12-24-7-9-25(10-8-24)18-20-13-21-22-18;3-2(4,5)1(6)7/h3-6,11,13H,7-10,12H2,1-2H3,(H,20,21,22);(H,6,7). The highest BCUT2D eigenvalue weighted by atomic mass is 19.4. The quantitative estimate of drug-likeness (QED) is 0.624. The summed E-state index contributed by atoms with van der Waals surface area (Å²) in [5.74, 6) is -0.871. The van der Waals surface area contributed by atoms with Gasteiger partial charge in [-0.2, -0.15) is 23.3 Å². The fraction of sp³-hybridized carbons (Fsp3) is 0.400. The van der Waals surface area contributed by atoms with Crippen molar-refractivity contribution >= 4 is 28.5 Å². The molecule has 9 nitrogen and oxygen atoms in total. The van der Waals surface area contributed by atoms with Crippen LogP contribution in [0.3, 0.4) is 0 Å². The number of benzene rings is 1. The Balaban J connectivity index is 0.000000360. The zero-order valence-electron chi connectivity index (χ0n) is 17.7. The maximum absolute atomic E-state index is 10.6. The molecule has 0 spiro atoms. The van der Waals surface area contributed by atoms with Crippen molar-refractivity contribution in [1.29, 1.82) is 0 Å². The van der Waals surface area contributed by atoms with Crippen LogP contribution in [-0.4, -0.2) is 82.6 Å². The summed E-state index contributed by atoms with van der Waals surface area (Å²) in [5, 5.41) is 16.5. The predicted octanol–water partition coefficient (Wildman–Crippen LogP) is 2.37. The molecule has 32 heavy (non-hydrogen) atoms. The first-order chi connectivity index (χ1) is 15.2. The second-order valence-electron chi connectivity index (χ2n) is 7.42. The summed E-state index contributed by atoms with van der Waals surface area (Å²) in [5.41, 5.74) is 1.29. The second-order valence-corrected chi connectivity index (χ2v) is 7.42. The van der Waals surface area contributed by atoms with E-state index in [2.05, 4.69) is 54.1 Å². The van der Waals surface area contributed by atoms with E-state index in [1.165, 1.54) is 16.3 Å². The minimum absolute atomic E-state index is 0.863. The lowest BCUT2D eigenvalue weighted by molar-refractivity contribution is -0.192. The summed E-state index contributed by atoms with van der Waals surface area (Å²) in [7, 11) is 4.08. The molecule has 2 N–H and O–H groups in total. The minimum atomic E-state index is -5.08. The first kappa shape index (κ1) is 23.3. The topological polar surface area (TPSA) is 101 Å². The van der Waals surface area contributed by atoms with E-state index in [1.807, 2.05) is 20.3 Å². The third-order valence-corrected chi connectivity index (χ3v) is 4.99. The van der Waals surface area contributed by atoms with Gasteiger partial charge in [0.15, 0.2) is 0 Å². The number of fused-ring (bicyclic) bond motifs is 1. The molecule has 0 radical (unpaired) electrons. The van der Waals surface area contributed by atoms with Gasteiger partial charge >= 0.3 is 12.1 Å². The van der Waals surface area contributed by atoms with Crippen LogP contribution in [0.1, 0.15) is 5.56 Å². The van der Waals surface area contributed by atoms with E-state index in [-0.39, 0.29) is 0 Å². The second kappa shape index (κ2) is 9.81. The van der Waals surface area contributed by atoms with Crippen LogP contribution in [0.2, 0.25) is 0 Å². The van der Waals surface area contributed by atoms with Crippen LogP contribution in [-0.2, 0) is 11.3 Å². The number of carbonyl (C=O) groups is 1. The molecule has 1 aliphatic heterocycles. The fourth-order valence-electron chi connectivity index (χ4n) is 3.43. The van der Waals surface area contributed by atoms with Crippen molar-refractivity contribution in [2.75, 3.05) is 50.1 Å². The van der Waals surface area contributed by atoms with Crippen molar-refractivity contribution in [3.8, 4) is 0 Å². The van der Waals surface area contributed by atoms with Crippen molar-refractivity contribution in [2.45, 2.75) is 12.7 Å². The van der Waals surface area contributed by atoms with Gasteiger partial charge in [-0.05, 0) is 10.9 Å². The average Bonchev–Trinajstić information content (AvgIpc) is 3.29. The van der Waals surface area contributed by atoms with E-state index < -0.39 is 12.1 Å². The largest absolute Gasteiger partial charge is 0.490 e. The molecule has 1 saturated heterocycles. The maximum atomic E-state index is 10.6. The van der Waals surface area contributed by atoms with Crippen LogP contribution in [0.15, 0.2) is 36.8 Å². The number of aromatic nitrogens is 4. The number of nitrogens with zero attached hydrogens (tertiary/aromatic N) is 6. The number of pyridine rings is 1. The molecule has 0 bridgehead atoms. The molecule has 4 rings (SSSR count). The van der Waals surface area contributed by atoms with Crippen LogP contribution < -0.4 is 9.80 Å². The number of carboxylic acid groups (broad SMARTS) is 1. The highest BCUT2D eigenvalue weighted by Gasteiger charge is 2.38. The number of hydrogen-bond donors (Lipinski definition) is 2. The number of anilines is 2. The summed E-state index contributed by atoms with van der Waals surface area (Å²) in [4.78, 5) is 24.6. The molecule has 12 heteroatoms. The molecule has 0 amide bonds. The molecule has 2 aromatic heterocycles. The Bertz CT molecular complexity index is 1030. The minimum Gasteiger partial charge on any atom is -0.475 e. The smallest absolute Gasteiger partial charge is 0.475 e. The molecule has 0 saturated carbocycles. The lowest BCUT2D eigenvalue weighted by atomic mass is 10.1. The van der Waals surface area contributed by atoms with Crippen LogP contribution in [0.4, 0.5) is 24.9 Å². The van der Waals surface area contributed by atoms with Crippen molar-refractivity contribution in [3.63, 3.8) is 0 Å². The van der Waals surface area contributed by atoms with Gasteiger partial charge in [0.2, 0.25) is 5.95 Å². The van der Waals surface area contributed by atoms with Crippen molar-refractivity contribution < 1.29 is 23.1 Å². The van der Waals surface area contributed by atoms with Gasteiger partial charge < -0.3 is 14.9 Å². The van der Waals surface area contributed by atoms with E-state index in [0.29, 0.717) is 0 Å². The van der Waals surface area contributed by atoms with Crippen LogP contribution in [0.5, 0.6) is 0 Å². The first-order valence-electron chi connectivity index (χ1n) is 9.83. The third kappa shape index (κ3) is 5.63. The number of hydrogen-bond acceptors (Lipinski definition) is 7. The number of halogens is 3. The van der Waals surface area contributed by atoms with Gasteiger partial charge in [-0.15, -0.1) is 0 Å². The molecule has 3 aromatic rings. The molecular weight excluding hydrogens is 427 g/mol. The summed E-state index contributed by atoms with van der Waals surface area (Å²) in [6, 6.07) is 8.54. The van der Waals surface area contributed by atoms with E-state index in [1.54, 1.807) is 6.33 Å². The molecule has 0 aliphatic carbocycles. The van der Waals surface area contributed by atoms with E-state index >= 15 is 0 Å². The molecule has 3 heterocycles. The number of carboxylic acids is 1. The Morgan fingerprint density at radius 1 is 1.12 bits per heavy atom. The number of nitrogens with one attached hydrogen (secondary N) is 1. The summed E-state index contributed by atoms with van der Waals surface area (Å²) in [6.07, 6.45) is -1.49. The van der Waals surface area contributed by atoms with E-state index in [0.717, 1.165) is 44.5 Å². The Morgan fingerprint density at radius 3 is 2.28 bits per heavy atom. The van der Waals surface area contributed by atoms with Crippen LogP contribution in [0.25, 0.3) is 10.8 Å². The Labute approximate surface area is 182 Å². The number of aromatic amines is 1. The highest BCUT2D eigenvalue weighted by molar-refractivity contribution is 5.94. The Hall–Kier alpha value is -3.41. The molecule has 1 fully saturated rings. The molecular formula is C20H24F3N7O2. The van der Waals surface area contributed by atoms with Crippen molar-refractivity contribution in [2.24, 2.45) is 0 Å². The SMILES string of the molecule is CN(C)c1ncc(CN2CCN(c3ncn[nH]3)CC2)c2ccccc12.O=C(O)C(F)(F)F. The number of aliphatic carboxylic acids is 1. The molecule has 172 valence electrons. The Morgan fingerprint density at radius 2 is 1.75 bits per heavy atom. The van der Waals surface area contributed by atoms with E-state index in [4.69, 9.17) is 14.9 Å². The van der Waals surface area contributed by atoms with Gasteiger partial charge in [0.1, 0.15) is 12.1 Å². The van der Waals surface area contributed by atoms with Crippen LogP contribution >= 0.6 is 0 Å². The van der Waals surface area contributed by atoms with Crippen LogP contribution in [0, 0.1) is 0 Å². The van der Waals surface area contributed by atoms with Gasteiger partial charge in [0, 0.05) is 58.4 Å². The highest BCUT2D eigenvalue weighted by Crippen LogP contribution is 2.27. The molecule has 0 atom stereocenters. The zero-order valence-corrected chi connectivity index (χ0v) is 17.7. The molecule has 0 unspecified atom stereocenters. The fourth-order valence-corrected chi connectivity index (χ4v) is 3.43. The van der Waals surface area contributed by atoms with Gasteiger partial charge in [-0.1, -0.05) is 24.3 Å². The van der Waals surface area contributed by atoms with E-state index in [9.17, 15) is 13.2 Å². The average molecular weight is 451 g/mol. The predicted molar refractivity (Wildman–Crippen MR) is 114 cm³/mol. The summed E-state index contributed by atoms with van der Waals surface area (Å²) < 4.78 is 31.7. The number of piperazine rings is 1. The maximum Gasteiger partial charge on any atom is 0.490 e. The van der Waals surface area contributed by atoms with Gasteiger partial charge in [0.25, 0.3) is 0 Å². The molecule has 1 aliphatic rings. The lowest BCUT2D eigenvalue weighted by Crippen LogP contribution is -2.46. The lowest BCUT2D eigenvalue weighted by Gasteiger charge is -2.34.